The van der Waals surface area contributed by atoms with E-state index in [1.807, 2.05) is 4.90 Å². The van der Waals surface area contributed by atoms with Crippen molar-refractivity contribution in [1.82, 2.24) is 4.90 Å². The second-order valence-corrected chi connectivity index (χ2v) is 11.5. The van der Waals surface area contributed by atoms with Gasteiger partial charge in [-0.25, -0.2) is 4.99 Å². The van der Waals surface area contributed by atoms with E-state index in [2.05, 4.69) is 65.3 Å². The van der Waals surface area contributed by atoms with Gasteiger partial charge in [0.05, 0.1) is 24.6 Å². The molecule has 0 bridgehead atoms. The molecule has 36 heavy (non-hydrogen) atoms. The molecule has 4 aliphatic rings. The zero-order valence-electron chi connectivity index (χ0n) is 20.7. The summed E-state index contributed by atoms with van der Waals surface area (Å²) < 4.78 is 5.49. The highest BCUT2D eigenvalue weighted by atomic mass is 32.2. The maximum absolute atomic E-state index is 14.0. The first-order valence-corrected chi connectivity index (χ1v) is 14.7. The molecular formula is C28H32N4O2S2. The number of amidine groups is 1. The Labute approximate surface area is 221 Å². The van der Waals surface area contributed by atoms with E-state index in [1.165, 1.54) is 35.5 Å². The number of carbonyl (C=O) groups excluding carboxylic acids is 1. The van der Waals surface area contributed by atoms with Crippen LogP contribution < -0.4 is 9.80 Å². The number of anilines is 2. The molecule has 0 atom stereocenters. The molecule has 6 nitrogen and oxygen atoms in total. The minimum atomic E-state index is 0.115. The van der Waals surface area contributed by atoms with Crippen LogP contribution >= 0.6 is 23.5 Å². The maximum atomic E-state index is 14.0. The topological polar surface area (TPSA) is 48.4 Å². The zero-order valence-corrected chi connectivity index (χ0v) is 22.3. The van der Waals surface area contributed by atoms with Crippen LogP contribution in [0.15, 0.2) is 68.4 Å². The van der Waals surface area contributed by atoms with E-state index in [0.29, 0.717) is 0 Å². The van der Waals surface area contributed by atoms with Gasteiger partial charge >= 0.3 is 0 Å². The number of rotatable bonds is 4. The number of amides is 1. The third-order valence-corrected chi connectivity index (χ3v) is 9.68. The minimum Gasteiger partial charge on any atom is -0.378 e. The molecule has 2 aromatic rings. The van der Waals surface area contributed by atoms with Gasteiger partial charge in [-0.3, -0.25) is 9.69 Å². The number of hydrogen-bond acceptors (Lipinski definition) is 7. The molecule has 0 N–H and O–H groups in total. The van der Waals surface area contributed by atoms with Gasteiger partial charge in [-0.15, -0.1) is 0 Å². The van der Waals surface area contributed by atoms with Gasteiger partial charge in [0, 0.05) is 36.3 Å². The standard InChI is InChI=1S/C28H32N4O2S2/c1-2-31-23-10-6-7-11-24(23)35-27(31)25-26(33)32(22-8-4-3-5-9-22)28(36-25)29-20-12-14-21(15-13-20)30-16-18-34-19-17-30/h6-7,10-15,22H,2-5,8-9,16-19H2,1H3. The van der Waals surface area contributed by atoms with Crippen molar-refractivity contribution in [2.24, 2.45) is 4.99 Å². The number of ether oxygens (including phenoxy) is 1. The monoisotopic (exact) mass is 520 g/mol. The van der Waals surface area contributed by atoms with Crippen molar-refractivity contribution in [1.29, 1.82) is 0 Å². The number of aliphatic imine (C=N–C) groups is 1. The lowest BCUT2D eigenvalue weighted by Gasteiger charge is -2.30. The summed E-state index contributed by atoms with van der Waals surface area (Å²) in [5.74, 6) is 0.115. The van der Waals surface area contributed by atoms with E-state index in [-0.39, 0.29) is 11.9 Å². The van der Waals surface area contributed by atoms with Crippen LogP contribution in [0.5, 0.6) is 0 Å². The third kappa shape index (κ3) is 4.55. The summed E-state index contributed by atoms with van der Waals surface area (Å²) in [6.45, 7) is 6.35. The second kappa shape index (κ2) is 10.5. The Morgan fingerprint density at radius 3 is 2.47 bits per heavy atom. The van der Waals surface area contributed by atoms with E-state index < -0.39 is 0 Å². The van der Waals surface area contributed by atoms with Gasteiger partial charge in [0.25, 0.3) is 5.91 Å². The molecule has 2 aromatic carbocycles. The first kappa shape index (κ1) is 23.9. The Morgan fingerprint density at radius 2 is 1.72 bits per heavy atom. The van der Waals surface area contributed by atoms with Crippen molar-refractivity contribution in [3.63, 3.8) is 0 Å². The van der Waals surface area contributed by atoms with E-state index in [4.69, 9.17) is 9.73 Å². The first-order valence-electron chi connectivity index (χ1n) is 13.0. The van der Waals surface area contributed by atoms with Crippen LogP contribution in [0, 0.1) is 0 Å². The van der Waals surface area contributed by atoms with Gasteiger partial charge in [-0.05, 0) is 67.9 Å². The quantitative estimate of drug-likeness (QED) is 0.446. The number of benzene rings is 2. The predicted molar refractivity (Wildman–Crippen MR) is 150 cm³/mol. The van der Waals surface area contributed by atoms with Gasteiger partial charge in [-0.2, -0.15) is 0 Å². The smallest absolute Gasteiger partial charge is 0.269 e. The highest BCUT2D eigenvalue weighted by Crippen LogP contribution is 2.51. The largest absolute Gasteiger partial charge is 0.378 e. The normalized spacial score (nSPS) is 24.2. The molecule has 188 valence electrons. The van der Waals surface area contributed by atoms with Gasteiger partial charge in [0.15, 0.2) is 5.17 Å². The van der Waals surface area contributed by atoms with E-state index in [0.717, 1.165) is 66.5 Å². The van der Waals surface area contributed by atoms with Crippen molar-refractivity contribution in [2.75, 3.05) is 42.6 Å². The summed E-state index contributed by atoms with van der Waals surface area (Å²) in [6.07, 6.45) is 5.70. The van der Waals surface area contributed by atoms with Gasteiger partial charge < -0.3 is 14.5 Å². The average Bonchev–Trinajstić information content (AvgIpc) is 3.46. The molecule has 0 unspecified atom stereocenters. The number of para-hydroxylation sites is 1. The van der Waals surface area contributed by atoms with Crippen LogP contribution in [0.4, 0.5) is 17.1 Å². The van der Waals surface area contributed by atoms with Crippen LogP contribution in [0.2, 0.25) is 0 Å². The third-order valence-electron chi connectivity index (χ3n) is 7.32. The molecule has 3 heterocycles. The minimum absolute atomic E-state index is 0.115. The van der Waals surface area contributed by atoms with Crippen LogP contribution in [0.25, 0.3) is 0 Å². The van der Waals surface area contributed by atoms with Crippen molar-refractivity contribution in [3.05, 3.63) is 58.5 Å². The highest BCUT2D eigenvalue weighted by Gasteiger charge is 2.42. The molecule has 0 radical (unpaired) electrons. The average molecular weight is 521 g/mol. The lowest BCUT2D eigenvalue weighted by molar-refractivity contribution is -0.124. The van der Waals surface area contributed by atoms with Crippen LogP contribution in [0.3, 0.4) is 0 Å². The fourth-order valence-corrected chi connectivity index (χ4v) is 7.89. The summed E-state index contributed by atoms with van der Waals surface area (Å²) in [5.41, 5.74) is 3.28. The maximum Gasteiger partial charge on any atom is 0.269 e. The number of thioether (sulfide) groups is 2. The fraction of sp³-hybridized carbons (Fsp3) is 0.429. The molecular weight excluding hydrogens is 488 g/mol. The summed E-state index contributed by atoms with van der Waals surface area (Å²) >= 11 is 3.26. The predicted octanol–water partition coefficient (Wildman–Crippen LogP) is 6.22. The molecule has 8 heteroatoms. The molecule has 2 saturated heterocycles. The lowest BCUT2D eigenvalue weighted by Crippen LogP contribution is -2.40. The SMILES string of the molecule is CCN1C(=C2SC(=Nc3ccc(N4CCOCC4)cc3)N(C3CCCCC3)C2=O)Sc2ccccc21. The Morgan fingerprint density at radius 1 is 0.972 bits per heavy atom. The second-order valence-electron chi connectivity index (χ2n) is 9.53. The number of nitrogens with zero attached hydrogens (tertiary/aromatic N) is 4. The molecule has 3 fully saturated rings. The first-order chi connectivity index (χ1) is 17.7. The summed E-state index contributed by atoms with van der Waals surface area (Å²) in [7, 11) is 0. The summed E-state index contributed by atoms with van der Waals surface area (Å²) in [5, 5.41) is 1.86. The van der Waals surface area contributed by atoms with Gasteiger partial charge in [0.2, 0.25) is 0 Å². The van der Waals surface area contributed by atoms with Gasteiger partial charge in [-0.1, -0.05) is 43.2 Å². The summed E-state index contributed by atoms with van der Waals surface area (Å²) in [4.78, 5) is 27.7. The summed E-state index contributed by atoms with van der Waals surface area (Å²) in [6, 6.07) is 17.1. The number of carbonyl (C=O) groups is 1. The fourth-order valence-electron chi connectivity index (χ4n) is 5.44. The molecule has 1 amide bonds. The lowest BCUT2D eigenvalue weighted by atomic mass is 9.94. The number of fused-ring (bicyclic) bond motifs is 1. The number of morpholine rings is 1. The van der Waals surface area contributed by atoms with Gasteiger partial charge in [0.1, 0.15) is 9.93 Å². The molecule has 1 aliphatic carbocycles. The van der Waals surface area contributed by atoms with Crippen LogP contribution in [-0.4, -0.2) is 54.9 Å². The van der Waals surface area contributed by atoms with Crippen molar-refractivity contribution < 1.29 is 9.53 Å². The molecule has 3 aliphatic heterocycles. The van der Waals surface area contributed by atoms with E-state index in [9.17, 15) is 4.79 Å². The van der Waals surface area contributed by atoms with Crippen molar-refractivity contribution in [2.45, 2.75) is 50.0 Å². The van der Waals surface area contributed by atoms with E-state index >= 15 is 0 Å². The van der Waals surface area contributed by atoms with Crippen LogP contribution in [-0.2, 0) is 9.53 Å². The Balaban J connectivity index is 1.34. The van der Waals surface area contributed by atoms with Crippen molar-refractivity contribution in [3.8, 4) is 0 Å². The Bertz CT molecular complexity index is 1180. The highest BCUT2D eigenvalue weighted by molar-refractivity contribution is 8.19. The van der Waals surface area contributed by atoms with Crippen LogP contribution in [0.1, 0.15) is 39.0 Å². The molecule has 0 aromatic heterocycles. The number of hydrogen-bond donors (Lipinski definition) is 0. The molecule has 6 rings (SSSR count). The Kier molecular flexibility index (Phi) is 7.00. The zero-order chi connectivity index (χ0) is 24.5. The van der Waals surface area contributed by atoms with Crippen molar-refractivity contribution >= 4 is 51.7 Å². The molecule has 1 saturated carbocycles. The van der Waals surface area contributed by atoms with E-state index in [1.54, 1.807) is 23.5 Å². The molecule has 0 spiro atoms. The Hall–Kier alpha value is -2.42.